The van der Waals surface area contributed by atoms with E-state index in [4.69, 9.17) is 9.47 Å². The van der Waals surface area contributed by atoms with Crippen LogP contribution in [0.25, 0.3) is 0 Å². The molecule has 1 fully saturated rings. The maximum absolute atomic E-state index is 14.2. The Morgan fingerprint density at radius 2 is 2.04 bits per heavy atom. The van der Waals surface area contributed by atoms with Gasteiger partial charge in [-0.2, -0.15) is 0 Å². The summed E-state index contributed by atoms with van der Waals surface area (Å²) in [7, 11) is 0. The molecule has 0 saturated carbocycles. The number of nitrogens with one attached hydrogen (secondary N) is 1. The van der Waals surface area contributed by atoms with Gasteiger partial charge in [-0.1, -0.05) is 12.1 Å². The summed E-state index contributed by atoms with van der Waals surface area (Å²) < 4.78 is 25.5. The van der Waals surface area contributed by atoms with Crippen molar-refractivity contribution in [2.24, 2.45) is 0 Å². The molecule has 1 aliphatic heterocycles. The van der Waals surface area contributed by atoms with Gasteiger partial charge in [-0.15, -0.1) is 0 Å². The lowest BCUT2D eigenvalue weighted by Gasteiger charge is -2.24. The molecule has 1 N–H and O–H groups in total. The maximum Gasteiger partial charge on any atom is 0.223 e. The lowest BCUT2D eigenvalue weighted by atomic mass is 9.91. The Morgan fingerprint density at radius 1 is 1.22 bits per heavy atom. The molecule has 1 aliphatic rings. The average molecular weight is 316 g/mol. The predicted molar refractivity (Wildman–Crippen MR) is 86.7 cm³/mol. The second-order valence-electron chi connectivity index (χ2n) is 5.52. The summed E-state index contributed by atoms with van der Waals surface area (Å²) in [6.45, 7) is 4.25. The van der Waals surface area contributed by atoms with Crippen molar-refractivity contribution >= 4 is 0 Å². The van der Waals surface area contributed by atoms with Crippen molar-refractivity contribution in [1.82, 2.24) is 10.3 Å². The van der Waals surface area contributed by atoms with Gasteiger partial charge >= 0.3 is 0 Å². The largest absolute Gasteiger partial charge is 0.490 e. The molecular formula is C18H21FN2O2. The number of hydrogen-bond donors (Lipinski definition) is 1. The van der Waals surface area contributed by atoms with Gasteiger partial charge in [0.15, 0.2) is 11.6 Å². The zero-order valence-corrected chi connectivity index (χ0v) is 13.2. The zero-order chi connectivity index (χ0) is 16.1. The summed E-state index contributed by atoms with van der Waals surface area (Å²) in [4.78, 5) is 4.33. The van der Waals surface area contributed by atoms with Crippen LogP contribution in [0.15, 0.2) is 36.5 Å². The smallest absolute Gasteiger partial charge is 0.223 e. The molecule has 0 amide bonds. The first-order valence-corrected chi connectivity index (χ1v) is 8.04. The second-order valence-corrected chi connectivity index (χ2v) is 5.52. The monoisotopic (exact) mass is 316 g/mol. The Labute approximate surface area is 135 Å². The van der Waals surface area contributed by atoms with Gasteiger partial charge in [-0.3, -0.25) is 0 Å². The van der Waals surface area contributed by atoms with Crippen LogP contribution in [-0.4, -0.2) is 24.7 Å². The Bertz CT molecular complexity index is 657. The number of rotatable bonds is 5. The third-order valence-corrected chi connectivity index (χ3v) is 4.01. The fourth-order valence-electron chi connectivity index (χ4n) is 2.89. The van der Waals surface area contributed by atoms with Crippen LogP contribution in [0, 0.1) is 5.82 Å². The highest BCUT2D eigenvalue weighted by Gasteiger charge is 2.21. The van der Waals surface area contributed by atoms with E-state index in [2.05, 4.69) is 10.3 Å². The third kappa shape index (κ3) is 3.62. The number of hydrogen-bond acceptors (Lipinski definition) is 4. The van der Waals surface area contributed by atoms with Crippen molar-refractivity contribution in [3.8, 4) is 17.4 Å². The first-order chi connectivity index (χ1) is 11.3. The first-order valence-electron chi connectivity index (χ1n) is 8.04. The molecule has 1 aromatic carbocycles. The lowest BCUT2D eigenvalue weighted by Crippen LogP contribution is -2.26. The summed E-state index contributed by atoms with van der Waals surface area (Å²) in [6, 6.07) is 8.59. The fraction of sp³-hybridized carbons (Fsp3) is 0.389. The molecule has 0 spiro atoms. The van der Waals surface area contributed by atoms with Gasteiger partial charge in [0, 0.05) is 11.8 Å². The zero-order valence-electron chi connectivity index (χ0n) is 13.2. The van der Waals surface area contributed by atoms with Crippen molar-refractivity contribution in [3.05, 3.63) is 47.9 Å². The SMILES string of the molecule is CCOc1cccc(F)c1Oc1ncccc1C1CCNCC1. The predicted octanol–water partition coefficient (Wildman–Crippen LogP) is 3.88. The van der Waals surface area contributed by atoms with E-state index < -0.39 is 5.82 Å². The van der Waals surface area contributed by atoms with E-state index in [0.29, 0.717) is 24.2 Å². The van der Waals surface area contributed by atoms with E-state index in [1.54, 1.807) is 18.3 Å². The highest BCUT2D eigenvalue weighted by atomic mass is 19.1. The van der Waals surface area contributed by atoms with Crippen LogP contribution in [0.2, 0.25) is 0 Å². The third-order valence-electron chi connectivity index (χ3n) is 4.01. The minimum atomic E-state index is -0.446. The van der Waals surface area contributed by atoms with Crippen molar-refractivity contribution in [2.45, 2.75) is 25.7 Å². The molecule has 0 bridgehead atoms. The number of nitrogens with zero attached hydrogens (tertiary/aromatic N) is 1. The molecule has 2 heterocycles. The van der Waals surface area contributed by atoms with Crippen LogP contribution in [0.3, 0.4) is 0 Å². The summed E-state index contributed by atoms with van der Waals surface area (Å²) in [5.74, 6) is 0.892. The summed E-state index contributed by atoms with van der Waals surface area (Å²) in [5, 5.41) is 3.35. The molecule has 1 saturated heterocycles. The van der Waals surface area contributed by atoms with Gasteiger partial charge in [0.1, 0.15) is 0 Å². The molecule has 122 valence electrons. The van der Waals surface area contributed by atoms with Crippen LogP contribution < -0.4 is 14.8 Å². The quantitative estimate of drug-likeness (QED) is 0.909. The molecule has 0 unspecified atom stereocenters. The Hall–Kier alpha value is -2.14. The van der Waals surface area contributed by atoms with E-state index in [1.807, 2.05) is 19.1 Å². The van der Waals surface area contributed by atoms with Gasteiger partial charge < -0.3 is 14.8 Å². The summed E-state index contributed by atoms with van der Waals surface area (Å²) in [6.07, 6.45) is 3.72. The van der Waals surface area contributed by atoms with E-state index in [9.17, 15) is 4.39 Å². The molecule has 0 aliphatic carbocycles. The van der Waals surface area contributed by atoms with Gasteiger partial charge in [0.25, 0.3) is 0 Å². The van der Waals surface area contributed by atoms with Crippen LogP contribution in [-0.2, 0) is 0 Å². The Morgan fingerprint density at radius 3 is 2.83 bits per heavy atom. The highest BCUT2D eigenvalue weighted by Crippen LogP contribution is 2.38. The van der Waals surface area contributed by atoms with Crippen LogP contribution >= 0.6 is 0 Å². The van der Waals surface area contributed by atoms with Crippen LogP contribution in [0.1, 0.15) is 31.2 Å². The van der Waals surface area contributed by atoms with E-state index in [0.717, 1.165) is 31.5 Å². The van der Waals surface area contributed by atoms with Crippen LogP contribution in [0.5, 0.6) is 17.4 Å². The molecule has 5 heteroatoms. The van der Waals surface area contributed by atoms with Gasteiger partial charge in [0.2, 0.25) is 11.6 Å². The number of piperidine rings is 1. The summed E-state index contributed by atoms with van der Waals surface area (Å²) in [5.41, 5.74) is 1.03. The second kappa shape index (κ2) is 7.42. The molecule has 1 aromatic heterocycles. The molecule has 23 heavy (non-hydrogen) atoms. The van der Waals surface area contributed by atoms with Crippen molar-refractivity contribution < 1.29 is 13.9 Å². The van der Waals surface area contributed by atoms with Crippen molar-refractivity contribution in [1.29, 1.82) is 0 Å². The number of para-hydroxylation sites is 1. The normalized spacial score (nSPS) is 15.4. The first kappa shape index (κ1) is 15.7. The number of ether oxygens (including phenoxy) is 2. The highest BCUT2D eigenvalue weighted by molar-refractivity contribution is 5.44. The minimum Gasteiger partial charge on any atom is -0.490 e. The molecule has 0 atom stereocenters. The van der Waals surface area contributed by atoms with E-state index in [1.165, 1.54) is 6.07 Å². The minimum absolute atomic E-state index is 0.100. The number of benzene rings is 1. The lowest BCUT2D eigenvalue weighted by molar-refractivity contribution is 0.310. The Balaban J connectivity index is 1.91. The van der Waals surface area contributed by atoms with E-state index in [-0.39, 0.29) is 5.75 Å². The number of halogens is 1. The van der Waals surface area contributed by atoms with E-state index >= 15 is 0 Å². The number of aromatic nitrogens is 1. The fourth-order valence-corrected chi connectivity index (χ4v) is 2.89. The van der Waals surface area contributed by atoms with Gasteiger partial charge in [-0.05, 0) is 57.0 Å². The van der Waals surface area contributed by atoms with Crippen molar-refractivity contribution in [2.75, 3.05) is 19.7 Å². The Kier molecular flexibility index (Phi) is 5.08. The van der Waals surface area contributed by atoms with Crippen LogP contribution in [0.4, 0.5) is 4.39 Å². The topological polar surface area (TPSA) is 43.4 Å². The van der Waals surface area contributed by atoms with Crippen molar-refractivity contribution in [3.63, 3.8) is 0 Å². The molecular weight excluding hydrogens is 295 g/mol. The summed E-state index contributed by atoms with van der Waals surface area (Å²) >= 11 is 0. The molecule has 0 radical (unpaired) electrons. The molecule has 2 aromatic rings. The standard InChI is InChI=1S/C18H21FN2O2/c1-2-22-16-7-3-6-15(19)17(16)23-18-14(5-4-10-21-18)13-8-11-20-12-9-13/h3-7,10,13,20H,2,8-9,11-12H2,1H3. The molecule has 4 nitrogen and oxygen atoms in total. The maximum atomic E-state index is 14.2. The average Bonchev–Trinajstić information content (AvgIpc) is 2.59. The molecule has 3 rings (SSSR count). The van der Waals surface area contributed by atoms with Gasteiger partial charge in [0.05, 0.1) is 6.61 Å². The van der Waals surface area contributed by atoms with Gasteiger partial charge in [-0.25, -0.2) is 9.37 Å². The number of pyridine rings is 1.